The summed E-state index contributed by atoms with van der Waals surface area (Å²) in [6, 6.07) is 7.76. The predicted octanol–water partition coefficient (Wildman–Crippen LogP) is 3.74. The minimum Gasteiger partial charge on any atom is -0.455 e. The topological polar surface area (TPSA) is 64.3 Å². The zero-order chi connectivity index (χ0) is 15.0. The van der Waals surface area contributed by atoms with Crippen molar-refractivity contribution in [1.29, 1.82) is 0 Å². The molecule has 0 saturated carbocycles. The Bertz CT molecular complexity index is 734. The van der Waals surface area contributed by atoms with Crippen LogP contribution in [0.5, 0.6) is 11.5 Å². The molecular formula is C15H12ClFN2O2. The Hall–Kier alpha value is -2.27. The molecule has 0 radical (unpaired) electrons. The van der Waals surface area contributed by atoms with Gasteiger partial charge in [0.2, 0.25) is 5.91 Å². The number of nitrogens with one attached hydrogen (secondary N) is 1. The second-order valence-corrected chi connectivity index (χ2v) is 5.18. The first-order valence-corrected chi connectivity index (χ1v) is 6.76. The maximum Gasteiger partial charge on any atom is 0.224 e. The van der Waals surface area contributed by atoms with Crippen molar-refractivity contribution in [3.05, 3.63) is 46.7 Å². The largest absolute Gasteiger partial charge is 0.455 e. The second-order valence-electron chi connectivity index (χ2n) is 4.77. The van der Waals surface area contributed by atoms with Crippen LogP contribution in [0.1, 0.15) is 12.0 Å². The lowest BCUT2D eigenvalue weighted by molar-refractivity contribution is -0.116. The smallest absolute Gasteiger partial charge is 0.224 e. The molecule has 0 fully saturated rings. The monoisotopic (exact) mass is 306 g/mol. The van der Waals surface area contributed by atoms with Crippen LogP contribution in [0.4, 0.5) is 15.8 Å². The highest BCUT2D eigenvalue weighted by Crippen LogP contribution is 2.34. The number of fused-ring (bicyclic) bond motifs is 1. The quantitative estimate of drug-likeness (QED) is 0.831. The van der Waals surface area contributed by atoms with Gasteiger partial charge in [-0.3, -0.25) is 4.79 Å². The van der Waals surface area contributed by atoms with E-state index in [1.807, 2.05) is 6.07 Å². The lowest BCUT2D eigenvalue weighted by Crippen LogP contribution is -2.18. The SMILES string of the molecule is Nc1cc(F)c(Cl)cc1Oc1ccc2c(c1)CCC(=O)N2. The third kappa shape index (κ3) is 2.78. The summed E-state index contributed by atoms with van der Waals surface area (Å²) in [6.45, 7) is 0. The van der Waals surface area contributed by atoms with Crippen LogP contribution in [0, 0.1) is 5.82 Å². The normalized spacial score (nSPS) is 13.5. The van der Waals surface area contributed by atoms with Crippen LogP contribution >= 0.6 is 11.6 Å². The molecular weight excluding hydrogens is 295 g/mol. The minimum absolute atomic E-state index is 0.00530. The van der Waals surface area contributed by atoms with Gasteiger partial charge >= 0.3 is 0 Å². The van der Waals surface area contributed by atoms with E-state index < -0.39 is 5.82 Å². The van der Waals surface area contributed by atoms with E-state index in [1.54, 1.807) is 12.1 Å². The van der Waals surface area contributed by atoms with Gasteiger partial charge in [-0.15, -0.1) is 0 Å². The summed E-state index contributed by atoms with van der Waals surface area (Å²) in [5, 5.41) is 2.74. The summed E-state index contributed by atoms with van der Waals surface area (Å²) in [7, 11) is 0. The average molecular weight is 307 g/mol. The van der Waals surface area contributed by atoms with Crippen molar-refractivity contribution in [3.8, 4) is 11.5 Å². The number of ether oxygens (including phenoxy) is 1. The molecule has 0 bridgehead atoms. The van der Waals surface area contributed by atoms with Crippen LogP contribution in [-0.4, -0.2) is 5.91 Å². The van der Waals surface area contributed by atoms with Crippen LogP contribution in [0.15, 0.2) is 30.3 Å². The van der Waals surface area contributed by atoms with E-state index >= 15 is 0 Å². The number of hydrogen-bond donors (Lipinski definition) is 2. The number of amides is 1. The number of nitrogens with two attached hydrogens (primary N) is 1. The first kappa shape index (κ1) is 13.7. The van der Waals surface area contributed by atoms with E-state index in [-0.39, 0.29) is 16.6 Å². The number of anilines is 2. The summed E-state index contributed by atoms with van der Waals surface area (Å²) in [5.74, 6) is 0.265. The first-order chi connectivity index (χ1) is 10.0. The molecule has 3 N–H and O–H groups in total. The number of halogens is 2. The third-order valence-electron chi connectivity index (χ3n) is 3.25. The van der Waals surface area contributed by atoms with Gasteiger partial charge < -0.3 is 15.8 Å². The molecule has 6 heteroatoms. The second kappa shape index (κ2) is 5.26. The standard InChI is InChI=1S/C15H12ClFN2O2/c16-10-6-14(12(18)7-11(10)17)21-9-2-3-13-8(5-9)1-4-15(20)19-13/h2-3,5-7H,1,4,18H2,(H,19,20). The van der Waals surface area contributed by atoms with E-state index in [0.29, 0.717) is 24.3 Å². The van der Waals surface area contributed by atoms with Gasteiger partial charge in [-0.05, 0) is 30.2 Å². The number of carbonyl (C=O) groups is 1. The molecule has 21 heavy (non-hydrogen) atoms. The van der Waals surface area contributed by atoms with Crippen molar-refractivity contribution in [2.45, 2.75) is 12.8 Å². The summed E-state index contributed by atoms with van der Waals surface area (Å²) < 4.78 is 18.9. The van der Waals surface area contributed by atoms with Crippen molar-refractivity contribution >= 4 is 28.9 Å². The first-order valence-electron chi connectivity index (χ1n) is 6.38. The molecule has 0 saturated heterocycles. The van der Waals surface area contributed by atoms with Gasteiger partial charge in [-0.2, -0.15) is 0 Å². The highest BCUT2D eigenvalue weighted by atomic mass is 35.5. The van der Waals surface area contributed by atoms with Crippen molar-refractivity contribution < 1.29 is 13.9 Å². The molecule has 108 valence electrons. The van der Waals surface area contributed by atoms with Crippen molar-refractivity contribution in [1.82, 2.24) is 0 Å². The third-order valence-corrected chi connectivity index (χ3v) is 3.54. The number of aryl methyl sites for hydroxylation is 1. The Morgan fingerprint density at radius 3 is 2.86 bits per heavy atom. The zero-order valence-electron chi connectivity index (χ0n) is 11.0. The predicted molar refractivity (Wildman–Crippen MR) is 79.3 cm³/mol. The lowest BCUT2D eigenvalue weighted by Gasteiger charge is -2.18. The highest BCUT2D eigenvalue weighted by Gasteiger charge is 2.16. The van der Waals surface area contributed by atoms with Gasteiger partial charge in [0.1, 0.15) is 11.6 Å². The van der Waals surface area contributed by atoms with Crippen LogP contribution < -0.4 is 15.8 Å². The average Bonchev–Trinajstić information content (AvgIpc) is 2.45. The summed E-state index contributed by atoms with van der Waals surface area (Å²) >= 11 is 5.73. The lowest BCUT2D eigenvalue weighted by atomic mass is 10.0. The van der Waals surface area contributed by atoms with Gasteiger partial charge in [0.05, 0.1) is 10.7 Å². The number of rotatable bonds is 2. The van der Waals surface area contributed by atoms with Crippen LogP contribution in [0.25, 0.3) is 0 Å². The highest BCUT2D eigenvalue weighted by molar-refractivity contribution is 6.31. The zero-order valence-corrected chi connectivity index (χ0v) is 11.7. The van der Waals surface area contributed by atoms with Gasteiger partial charge in [0.15, 0.2) is 5.75 Å². The fraction of sp³-hybridized carbons (Fsp3) is 0.133. The molecule has 1 aliphatic heterocycles. The van der Waals surface area contributed by atoms with Crippen molar-refractivity contribution in [2.24, 2.45) is 0 Å². The molecule has 1 amide bonds. The number of carbonyl (C=O) groups excluding carboxylic acids is 1. The minimum atomic E-state index is -0.588. The number of benzene rings is 2. The Labute approximate surface area is 125 Å². The molecule has 2 aromatic carbocycles. The molecule has 3 rings (SSSR count). The number of hydrogen-bond acceptors (Lipinski definition) is 3. The van der Waals surface area contributed by atoms with Crippen molar-refractivity contribution in [2.75, 3.05) is 11.1 Å². The van der Waals surface area contributed by atoms with Gasteiger partial charge in [0, 0.05) is 24.2 Å². The molecule has 0 spiro atoms. The van der Waals surface area contributed by atoms with Crippen LogP contribution in [0.3, 0.4) is 0 Å². The number of nitrogen functional groups attached to an aromatic ring is 1. The fourth-order valence-electron chi connectivity index (χ4n) is 2.18. The Kier molecular flexibility index (Phi) is 3.43. The maximum absolute atomic E-state index is 13.3. The summed E-state index contributed by atoms with van der Waals surface area (Å²) in [6.07, 6.45) is 1.10. The van der Waals surface area contributed by atoms with Gasteiger partial charge in [-0.1, -0.05) is 11.6 Å². The van der Waals surface area contributed by atoms with E-state index in [1.165, 1.54) is 6.07 Å². The van der Waals surface area contributed by atoms with Crippen LogP contribution in [0.2, 0.25) is 5.02 Å². The van der Waals surface area contributed by atoms with Crippen molar-refractivity contribution in [3.63, 3.8) is 0 Å². The molecule has 1 aliphatic rings. The molecule has 0 unspecified atom stereocenters. The molecule has 1 heterocycles. The molecule has 0 atom stereocenters. The van der Waals surface area contributed by atoms with Gasteiger partial charge in [0.25, 0.3) is 0 Å². The van der Waals surface area contributed by atoms with E-state index in [4.69, 9.17) is 22.1 Å². The van der Waals surface area contributed by atoms with Gasteiger partial charge in [-0.25, -0.2) is 4.39 Å². The maximum atomic E-state index is 13.3. The Morgan fingerprint density at radius 1 is 1.24 bits per heavy atom. The van der Waals surface area contributed by atoms with Crippen LogP contribution in [-0.2, 0) is 11.2 Å². The van der Waals surface area contributed by atoms with E-state index in [9.17, 15) is 9.18 Å². The Morgan fingerprint density at radius 2 is 2.05 bits per heavy atom. The molecule has 0 aromatic heterocycles. The Balaban J connectivity index is 1.89. The summed E-state index contributed by atoms with van der Waals surface area (Å²) in [4.78, 5) is 11.3. The summed E-state index contributed by atoms with van der Waals surface area (Å²) in [5.41, 5.74) is 7.65. The molecule has 0 aliphatic carbocycles. The molecule has 2 aromatic rings. The van der Waals surface area contributed by atoms with E-state index in [2.05, 4.69) is 5.32 Å². The molecule has 4 nitrogen and oxygen atoms in total. The fourth-order valence-corrected chi connectivity index (χ4v) is 2.34. The van der Waals surface area contributed by atoms with E-state index in [0.717, 1.165) is 17.3 Å².